The first-order chi connectivity index (χ1) is 7.92. The maximum atomic E-state index is 11.4. The molecule has 0 aliphatic heterocycles. The Hall–Kier alpha value is -1.59. The number of carbonyl (C=O) groups is 3. The molecule has 0 spiro atoms. The van der Waals surface area contributed by atoms with Crippen LogP contribution in [0, 0.1) is 5.92 Å². The van der Waals surface area contributed by atoms with E-state index in [9.17, 15) is 14.4 Å². The maximum Gasteiger partial charge on any atom is 0.396 e. The van der Waals surface area contributed by atoms with E-state index in [2.05, 4.69) is 14.8 Å². The molecule has 0 saturated heterocycles. The number of esters is 2. The van der Waals surface area contributed by atoms with Crippen molar-refractivity contribution in [2.24, 2.45) is 5.92 Å². The Bertz CT molecular complexity index is 288. The van der Waals surface area contributed by atoms with Gasteiger partial charge in [-0.3, -0.25) is 4.79 Å². The van der Waals surface area contributed by atoms with Gasteiger partial charge < -0.3 is 14.8 Å². The Labute approximate surface area is 101 Å². The van der Waals surface area contributed by atoms with Crippen molar-refractivity contribution < 1.29 is 23.9 Å². The molecule has 0 unspecified atom stereocenters. The summed E-state index contributed by atoms with van der Waals surface area (Å²) >= 11 is 0. The molecular weight excluding hydrogens is 226 g/mol. The molecule has 0 fully saturated rings. The molecule has 0 rings (SSSR count). The van der Waals surface area contributed by atoms with Crippen molar-refractivity contribution in [3.63, 3.8) is 0 Å². The van der Waals surface area contributed by atoms with Crippen LogP contribution in [0.3, 0.4) is 0 Å². The van der Waals surface area contributed by atoms with Crippen molar-refractivity contribution in [2.45, 2.75) is 33.2 Å². The zero-order valence-corrected chi connectivity index (χ0v) is 10.6. The Morgan fingerprint density at radius 1 is 1.24 bits per heavy atom. The van der Waals surface area contributed by atoms with E-state index in [-0.39, 0.29) is 12.5 Å². The predicted molar refractivity (Wildman–Crippen MR) is 60.0 cm³/mol. The Kier molecular flexibility index (Phi) is 6.93. The highest BCUT2D eigenvalue weighted by molar-refractivity contribution is 6.32. The molecule has 0 radical (unpaired) electrons. The number of ether oxygens (including phenoxy) is 2. The van der Waals surface area contributed by atoms with Crippen LogP contribution in [0.2, 0.25) is 0 Å². The first kappa shape index (κ1) is 15.4. The largest absolute Gasteiger partial charge is 0.467 e. The molecule has 1 atom stereocenters. The second kappa shape index (κ2) is 7.65. The predicted octanol–water partition coefficient (Wildman–Crippen LogP) is 0.253. The second-order valence-corrected chi connectivity index (χ2v) is 3.90. The number of amides is 1. The van der Waals surface area contributed by atoms with Gasteiger partial charge in [0.05, 0.1) is 13.7 Å². The van der Waals surface area contributed by atoms with Crippen LogP contribution in [0.1, 0.15) is 27.2 Å². The minimum atomic E-state index is -0.995. The van der Waals surface area contributed by atoms with Gasteiger partial charge in [-0.2, -0.15) is 0 Å². The topological polar surface area (TPSA) is 81.7 Å². The minimum Gasteiger partial charge on any atom is -0.467 e. The summed E-state index contributed by atoms with van der Waals surface area (Å²) in [5, 5.41) is 2.30. The van der Waals surface area contributed by atoms with E-state index >= 15 is 0 Å². The Morgan fingerprint density at radius 2 is 1.82 bits per heavy atom. The standard InChI is InChI=1S/C11H19NO5/c1-5-17-11(15)9(13)12-8(6-7(2)3)10(14)16-4/h7-8H,5-6H2,1-4H3,(H,12,13)/t8-/m0/s1. The lowest BCUT2D eigenvalue weighted by Crippen LogP contribution is -2.45. The van der Waals surface area contributed by atoms with E-state index in [1.165, 1.54) is 7.11 Å². The third-order valence-corrected chi connectivity index (χ3v) is 1.96. The summed E-state index contributed by atoms with van der Waals surface area (Å²) in [4.78, 5) is 33.8. The molecule has 98 valence electrons. The van der Waals surface area contributed by atoms with Gasteiger partial charge in [-0.25, -0.2) is 9.59 Å². The monoisotopic (exact) mass is 245 g/mol. The molecule has 17 heavy (non-hydrogen) atoms. The molecule has 0 saturated carbocycles. The SMILES string of the molecule is CCOC(=O)C(=O)N[C@@H](CC(C)C)C(=O)OC. The molecule has 0 aromatic rings. The van der Waals surface area contributed by atoms with Crippen LogP contribution >= 0.6 is 0 Å². The summed E-state index contributed by atoms with van der Waals surface area (Å²) in [6.07, 6.45) is 0.401. The highest BCUT2D eigenvalue weighted by Crippen LogP contribution is 2.06. The van der Waals surface area contributed by atoms with Crippen LogP contribution in [0.5, 0.6) is 0 Å². The lowest BCUT2D eigenvalue weighted by Gasteiger charge is -2.17. The van der Waals surface area contributed by atoms with E-state index in [0.717, 1.165) is 0 Å². The van der Waals surface area contributed by atoms with Crippen molar-refractivity contribution in [1.82, 2.24) is 5.32 Å². The fourth-order valence-corrected chi connectivity index (χ4v) is 1.24. The fraction of sp³-hybridized carbons (Fsp3) is 0.727. The van der Waals surface area contributed by atoms with Crippen molar-refractivity contribution in [2.75, 3.05) is 13.7 Å². The molecule has 1 amide bonds. The molecule has 0 aromatic carbocycles. The fourth-order valence-electron chi connectivity index (χ4n) is 1.24. The average Bonchev–Trinajstić information content (AvgIpc) is 2.26. The molecule has 1 N–H and O–H groups in total. The molecule has 0 aliphatic carbocycles. The van der Waals surface area contributed by atoms with Gasteiger partial charge in [-0.1, -0.05) is 13.8 Å². The molecule has 0 aliphatic rings. The van der Waals surface area contributed by atoms with Crippen LogP contribution in [0.4, 0.5) is 0 Å². The summed E-state index contributed by atoms with van der Waals surface area (Å²) in [7, 11) is 1.23. The minimum absolute atomic E-state index is 0.110. The summed E-state index contributed by atoms with van der Waals surface area (Å²) in [5.41, 5.74) is 0. The van der Waals surface area contributed by atoms with Gasteiger partial charge >= 0.3 is 17.8 Å². The third-order valence-electron chi connectivity index (χ3n) is 1.96. The van der Waals surface area contributed by atoms with Crippen LogP contribution in [-0.4, -0.2) is 37.6 Å². The van der Waals surface area contributed by atoms with Crippen molar-refractivity contribution >= 4 is 17.8 Å². The van der Waals surface area contributed by atoms with Gasteiger partial charge in [-0.15, -0.1) is 0 Å². The first-order valence-electron chi connectivity index (χ1n) is 5.47. The van der Waals surface area contributed by atoms with Crippen LogP contribution in [0.25, 0.3) is 0 Å². The molecule has 0 aromatic heterocycles. The summed E-state index contributed by atoms with van der Waals surface area (Å²) in [6, 6.07) is -0.822. The normalized spacial score (nSPS) is 11.8. The number of rotatable bonds is 5. The lowest BCUT2D eigenvalue weighted by molar-refractivity contribution is -0.156. The average molecular weight is 245 g/mol. The van der Waals surface area contributed by atoms with E-state index in [4.69, 9.17) is 0 Å². The summed E-state index contributed by atoms with van der Waals surface area (Å²) < 4.78 is 9.07. The van der Waals surface area contributed by atoms with Crippen molar-refractivity contribution in [3.8, 4) is 0 Å². The molecule has 0 heterocycles. The van der Waals surface area contributed by atoms with Crippen molar-refractivity contribution in [1.29, 1.82) is 0 Å². The molecule has 6 nitrogen and oxygen atoms in total. The second-order valence-electron chi connectivity index (χ2n) is 3.90. The van der Waals surface area contributed by atoms with Crippen molar-refractivity contribution in [3.05, 3.63) is 0 Å². The smallest absolute Gasteiger partial charge is 0.396 e. The van der Waals surface area contributed by atoms with Gasteiger partial charge in [-0.05, 0) is 19.3 Å². The molecule has 6 heteroatoms. The van der Waals surface area contributed by atoms with Crippen LogP contribution < -0.4 is 5.32 Å². The van der Waals surface area contributed by atoms with Gasteiger partial charge in [0, 0.05) is 0 Å². The maximum absolute atomic E-state index is 11.4. The Morgan fingerprint density at radius 3 is 2.24 bits per heavy atom. The van der Waals surface area contributed by atoms with E-state index in [1.807, 2.05) is 13.8 Å². The first-order valence-corrected chi connectivity index (χ1v) is 5.47. The quantitative estimate of drug-likeness (QED) is 0.554. The third kappa shape index (κ3) is 5.89. The zero-order chi connectivity index (χ0) is 13.4. The molecular formula is C11H19NO5. The summed E-state index contributed by atoms with van der Waals surface area (Å²) in [5.74, 6) is -2.31. The summed E-state index contributed by atoms with van der Waals surface area (Å²) in [6.45, 7) is 5.50. The van der Waals surface area contributed by atoms with Gasteiger partial charge in [0.2, 0.25) is 0 Å². The van der Waals surface area contributed by atoms with Gasteiger partial charge in [0.1, 0.15) is 6.04 Å². The van der Waals surface area contributed by atoms with E-state index in [0.29, 0.717) is 6.42 Å². The number of hydrogen-bond acceptors (Lipinski definition) is 5. The zero-order valence-electron chi connectivity index (χ0n) is 10.6. The van der Waals surface area contributed by atoms with Gasteiger partial charge in [0.25, 0.3) is 0 Å². The molecule has 0 bridgehead atoms. The van der Waals surface area contributed by atoms with E-state index < -0.39 is 23.9 Å². The highest BCUT2D eigenvalue weighted by atomic mass is 16.5. The number of hydrogen-bond donors (Lipinski definition) is 1. The number of methoxy groups -OCH3 is 1. The number of carbonyl (C=O) groups excluding carboxylic acids is 3. The van der Waals surface area contributed by atoms with Gasteiger partial charge in [0.15, 0.2) is 0 Å². The lowest BCUT2D eigenvalue weighted by atomic mass is 10.0. The van der Waals surface area contributed by atoms with E-state index in [1.54, 1.807) is 6.92 Å². The highest BCUT2D eigenvalue weighted by Gasteiger charge is 2.26. The van der Waals surface area contributed by atoms with Crippen LogP contribution in [-0.2, 0) is 23.9 Å². The Balaban J connectivity index is 4.47. The number of nitrogens with one attached hydrogen (secondary N) is 1. The van der Waals surface area contributed by atoms with Crippen LogP contribution in [0.15, 0.2) is 0 Å².